The molecule has 7 nitrogen and oxygen atoms in total. The minimum absolute atomic E-state index is 0.190. The van der Waals surface area contributed by atoms with E-state index in [1.54, 1.807) is 14.2 Å². The number of carbonyl (C=O) groups is 1. The average Bonchev–Trinajstić information content (AvgIpc) is 3.54. The van der Waals surface area contributed by atoms with Gasteiger partial charge in [0, 0.05) is 57.9 Å². The molecule has 1 aliphatic heterocycles. The summed E-state index contributed by atoms with van der Waals surface area (Å²) in [5.41, 5.74) is 1.22. The highest BCUT2D eigenvalue weighted by Gasteiger charge is 2.29. The van der Waals surface area contributed by atoms with Crippen LogP contribution in [0.5, 0.6) is 5.75 Å². The fourth-order valence-corrected chi connectivity index (χ4v) is 3.15. The van der Waals surface area contributed by atoms with E-state index in [1.165, 1.54) is 5.69 Å². The molecule has 0 bridgehead atoms. The van der Waals surface area contributed by atoms with Crippen LogP contribution in [0.2, 0.25) is 0 Å². The molecule has 7 heteroatoms. The van der Waals surface area contributed by atoms with Crippen molar-refractivity contribution in [1.29, 1.82) is 0 Å². The van der Waals surface area contributed by atoms with E-state index in [-0.39, 0.29) is 11.8 Å². The Morgan fingerprint density at radius 2 is 1.77 bits per heavy atom. The van der Waals surface area contributed by atoms with Crippen molar-refractivity contribution < 1.29 is 9.53 Å². The van der Waals surface area contributed by atoms with E-state index in [9.17, 15) is 4.79 Å². The summed E-state index contributed by atoms with van der Waals surface area (Å²) in [5.74, 6) is 2.24. The number of piperazine rings is 1. The third kappa shape index (κ3) is 4.80. The smallest absolute Gasteiger partial charge is 0.223 e. The van der Waals surface area contributed by atoms with Gasteiger partial charge in [-0.05, 0) is 37.1 Å². The van der Waals surface area contributed by atoms with E-state index in [2.05, 4.69) is 37.6 Å². The van der Waals surface area contributed by atoms with E-state index in [1.807, 2.05) is 12.1 Å². The Labute approximate surface area is 155 Å². The zero-order chi connectivity index (χ0) is 18.4. The Balaban J connectivity index is 1.41. The number of hydrogen-bond acceptors (Lipinski definition) is 4. The lowest BCUT2D eigenvalue weighted by Gasteiger charge is -2.37. The Kier molecular flexibility index (Phi) is 6.20. The highest BCUT2D eigenvalue weighted by atomic mass is 16.5. The summed E-state index contributed by atoms with van der Waals surface area (Å²) in [5, 5.41) is 6.32. The summed E-state index contributed by atoms with van der Waals surface area (Å²) in [6.07, 6.45) is 2.08. The molecule has 2 N–H and O–H groups in total. The van der Waals surface area contributed by atoms with E-state index < -0.39 is 0 Å². The predicted octanol–water partition coefficient (Wildman–Crippen LogP) is 0.919. The van der Waals surface area contributed by atoms with Gasteiger partial charge in [-0.3, -0.25) is 9.79 Å². The molecule has 2 fully saturated rings. The highest BCUT2D eigenvalue weighted by Crippen LogP contribution is 2.28. The van der Waals surface area contributed by atoms with Gasteiger partial charge in [-0.25, -0.2) is 0 Å². The number of guanidine groups is 1. The number of amides is 1. The fraction of sp³-hybridized carbons (Fsp3) is 0.579. The molecule has 3 rings (SSSR count). The quantitative estimate of drug-likeness (QED) is 0.449. The summed E-state index contributed by atoms with van der Waals surface area (Å²) in [6, 6.07) is 8.20. The van der Waals surface area contributed by atoms with Gasteiger partial charge in [0.05, 0.1) is 7.11 Å². The minimum atomic E-state index is 0.190. The number of carbonyl (C=O) groups excluding carboxylic acids is 1. The number of nitrogens with zero attached hydrogens (tertiary/aromatic N) is 3. The van der Waals surface area contributed by atoms with Crippen LogP contribution in [-0.2, 0) is 4.79 Å². The summed E-state index contributed by atoms with van der Waals surface area (Å²) < 4.78 is 5.22. The number of aliphatic imine (C=N–C) groups is 1. The number of anilines is 1. The molecule has 1 saturated carbocycles. The van der Waals surface area contributed by atoms with Crippen LogP contribution in [0, 0.1) is 5.92 Å². The SMILES string of the molecule is CN=C(NCCNC(=O)C1CC1)N1CCN(c2ccc(OC)cc2)CC1. The molecule has 1 saturated heterocycles. The normalized spacial score (nSPS) is 17.8. The number of ether oxygens (including phenoxy) is 1. The van der Waals surface area contributed by atoms with Gasteiger partial charge < -0.3 is 25.2 Å². The minimum Gasteiger partial charge on any atom is -0.497 e. The second-order valence-electron chi connectivity index (χ2n) is 6.71. The van der Waals surface area contributed by atoms with E-state index in [4.69, 9.17) is 4.74 Å². The van der Waals surface area contributed by atoms with Gasteiger partial charge in [-0.2, -0.15) is 0 Å². The summed E-state index contributed by atoms with van der Waals surface area (Å²) >= 11 is 0. The van der Waals surface area contributed by atoms with Crippen molar-refractivity contribution in [3.8, 4) is 5.75 Å². The standard InChI is InChI=1S/C19H29N5O2/c1-20-19(22-10-9-21-18(25)15-3-4-15)24-13-11-23(12-14-24)16-5-7-17(26-2)8-6-16/h5-8,15H,3-4,9-14H2,1-2H3,(H,20,22)(H,21,25). The topological polar surface area (TPSA) is 69.2 Å². The monoisotopic (exact) mass is 359 g/mol. The molecular weight excluding hydrogens is 330 g/mol. The molecule has 0 unspecified atom stereocenters. The van der Waals surface area contributed by atoms with Gasteiger partial charge in [0.15, 0.2) is 5.96 Å². The third-order valence-corrected chi connectivity index (χ3v) is 4.88. The Morgan fingerprint density at radius 3 is 2.35 bits per heavy atom. The fourth-order valence-electron chi connectivity index (χ4n) is 3.15. The van der Waals surface area contributed by atoms with Crippen molar-refractivity contribution in [3.05, 3.63) is 24.3 Å². The van der Waals surface area contributed by atoms with Crippen LogP contribution in [0.4, 0.5) is 5.69 Å². The molecule has 26 heavy (non-hydrogen) atoms. The zero-order valence-corrected chi connectivity index (χ0v) is 15.7. The summed E-state index contributed by atoms with van der Waals surface area (Å²) in [4.78, 5) is 20.7. The number of methoxy groups -OCH3 is 1. The van der Waals surface area contributed by atoms with Crippen molar-refractivity contribution in [2.45, 2.75) is 12.8 Å². The second-order valence-corrected chi connectivity index (χ2v) is 6.71. The third-order valence-electron chi connectivity index (χ3n) is 4.88. The van der Waals surface area contributed by atoms with Crippen LogP contribution in [0.25, 0.3) is 0 Å². The predicted molar refractivity (Wildman–Crippen MR) is 104 cm³/mol. The molecular formula is C19H29N5O2. The van der Waals surface area contributed by atoms with Crippen molar-refractivity contribution in [2.24, 2.45) is 10.9 Å². The number of nitrogens with one attached hydrogen (secondary N) is 2. The molecule has 1 heterocycles. The lowest BCUT2D eigenvalue weighted by atomic mass is 10.2. The number of rotatable bonds is 6. The van der Waals surface area contributed by atoms with Gasteiger partial charge in [0.1, 0.15) is 5.75 Å². The first-order chi connectivity index (χ1) is 12.7. The van der Waals surface area contributed by atoms with Crippen LogP contribution in [-0.4, -0.2) is 70.2 Å². The molecule has 0 spiro atoms. The van der Waals surface area contributed by atoms with Crippen LogP contribution < -0.4 is 20.3 Å². The maximum atomic E-state index is 11.6. The number of benzene rings is 1. The zero-order valence-electron chi connectivity index (χ0n) is 15.7. The molecule has 1 aliphatic carbocycles. The van der Waals surface area contributed by atoms with Crippen molar-refractivity contribution in [3.63, 3.8) is 0 Å². The number of hydrogen-bond donors (Lipinski definition) is 2. The molecule has 1 aromatic rings. The van der Waals surface area contributed by atoms with Crippen LogP contribution in [0.1, 0.15) is 12.8 Å². The van der Waals surface area contributed by atoms with Crippen LogP contribution >= 0.6 is 0 Å². The van der Waals surface area contributed by atoms with Gasteiger partial charge in [0.25, 0.3) is 0 Å². The first kappa shape index (κ1) is 18.4. The molecule has 0 aromatic heterocycles. The largest absolute Gasteiger partial charge is 0.497 e. The Morgan fingerprint density at radius 1 is 1.12 bits per heavy atom. The van der Waals surface area contributed by atoms with Gasteiger partial charge in [-0.15, -0.1) is 0 Å². The second kappa shape index (κ2) is 8.78. The summed E-state index contributed by atoms with van der Waals surface area (Å²) in [6.45, 7) is 5.07. The molecule has 0 atom stereocenters. The first-order valence-electron chi connectivity index (χ1n) is 9.33. The van der Waals surface area contributed by atoms with Gasteiger partial charge in [-0.1, -0.05) is 0 Å². The molecule has 0 radical (unpaired) electrons. The van der Waals surface area contributed by atoms with Crippen LogP contribution in [0.3, 0.4) is 0 Å². The van der Waals surface area contributed by atoms with Gasteiger partial charge >= 0.3 is 0 Å². The van der Waals surface area contributed by atoms with E-state index >= 15 is 0 Å². The lowest BCUT2D eigenvalue weighted by molar-refractivity contribution is -0.122. The van der Waals surface area contributed by atoms with Gasteiger partial charge in [0.2, 0.25) is 5.91 Å². The summed E-state index contributed by atoms with van der Waals surface area (Å²) in [7, 11) is 3.49. The maximum absolute atomic E-state index is 11.6. The highest BCUT2D eigenvalue weighted by molar-refractivity contribution is 5.81. The Bertz CT molecular complexity index is 619. The first-order valence-corrected chi connectivity index (χ1v) is 9.33. The van der Waals surface area contributed by atoms with Crippen molar-refractivity contribution in [2.75, 3.05) is 58.3 Å². The molecule has 1 aromatic carbocycles. The molecule has 1 amide bonds. The lowest BCUT2D eigenvalue weighted by Crippen LogP contribution is -2.53. The van der Waals surface area contributed by atoms with Crippen molar-refractivity contribution in [1.82, 2.24) is 15.5 Å². The molecule has 2 aliphatic rings. The van der Waals surface area contributed by atoms with Crippen molar-refractivity contribution >= 4 is 17.6 Å². The van der Waals surface area contributed by atoms with E-state index in [0.717, 1.165) is 50.7 Å². The van der Waals surface area contributed by atoms with E-state index in [0.29, 0.717) is 13.1 Å². The Hall–Kier alpha value is -2.44. The molecule has 142 valence electrons. The maximum Gasteiger partial charge on any atom is 0.223 e. The average molecular weight is 359 g/mol. The van der Waals surface area contributed by atoms with Crippen LogP contribution in [0.15, 0.2) is 29.3 Å².